The van der Waals surface area contributed by atoms with Gasteiger partial charge in [-0.25, -0.2) is 4.98 Å². The van der Waals surface area contributed by atoms with E-state index in [2.05, 4.69) is 26.0 Å². The molecule has 2 aromatic rings. The summed E-state index contributed by atoms with van der Waals surface area (Å²) in [6, 6.07) is 7.95. The molecule has 3 heterocycles. The van der Waals surface area contributed by atoms with Gasteiger partial charge < -0.3 is 16.0 Å². The lowest BCUT2D eigenvalue weighted by atomic mass is 10.1. The Morgan fingerprint density at radius 2 is 2.20 bits per heavy atom. The Morgan fingerprint density at radius 1 is 1.28 bits per heavy atom. The van der Waals surface area contributed by atoms with E-state index in [0.717, 1.165) is 51.1 Å². The van der Waals surface area contributed by atoms with Gasteiger partial charge in [-0.15, -0.1) is 0 Å². The molecule has 1 atom stereocenters. The number of hydrogen-bond acceptors (Lipinski definition) is 5. The van der Waals surface area contributed by atoms with Crippen LogP contribution in [0.1, 0.15) is 42.2 Å². The number of anilines is 1. The second-order valence-corrected chi connectivity index (χ2v) is 6.29. The summed E-state index contributed by atoms with van der Waals surface area (Å²) in [6.45, 7) is 3.49. The number of piperidine rings is 1. The average Bonchev–Trinajstić information content (AvgIpc) is 3.16. The van der Waals surface area contributed by atoms with Gasteiger partial charge in [-0.1, -0.05) is 6.07 Å². The Labute approximate surface area is 148 Å². The smallest absolute Gasteiger partial charge is 0.271 e. The molecule has 1 aliphatic heterocycles. The molecule has 1 saturated heterocycles. The van der Waals surface area contributed by atoms with Gasteiger partial charge in [-0.2, -0.15) is 5.10 Å². The molecule has 3 rings (SSSR count). The van der Waals surface area contributed by atoms with Crippen LogP contribution in [0.25, 0.3) is 0 Å². The topological polar surface area (TPSA) is 83.9 Å². The van der Waals surface area contributed by atoms with Crippen LogP contribution >= 0.6 is 0 Å². The van der Waals surface area contributed by atoms with Crippen molar-refractivity contribution < 1.29 is 4.79 Å². The average molecular weight is 342 g/mol. The molecule has 3 N–H and O–H groups in total. The number of carbonyl (C=O) groups excluding carboxylic acids is 1. The molecule has 1 amide bonds. The molecule has 1 fully saturated rings. The van der Waals surface area contributed by atoms with Crippen molar-refractivity contribution in [1.82, 2.24) is 25.4 Å². The van der Waals surface area contributed by atoms with Crippen LogP contribution < -0.4 is 16.0 Å². The van der Waals surface area contributed by atoms with Gasteiger partial charge in [-0.3, -0.25) is 9.48 Å². The molecule has 0 aliphatic carbocycles. The molecule has 0 radical (unpaired) electrons. The monoisotopic (exact) mass is 342 g/mol. The van der Waals surface area contributed by atoms with Crippen LogP contribution in [0.3, 0.4) is 0 Å². The van der Waals surface area contributed by atoms with Gasteiger partial charge in [0.15, 0.2) is 0 Å². The minimum atomic E-state index is -0.0970. The zero-order valence-corrected chi connectivity index (χ0v) is 14.4. The highest BCUT2D eigenvalue weighted by molar-refractivity contribution is 5.92. The maximum Gasteiger partial charge on any atom is 0.271 e. The van der Waals surface area contributed by atoms with E-state index in [1.807, 2.05) is 29.1 Å². The van der Waals surface area contributed by atoms with E-state index in [9.17, 15) is 4.79 Å². The fourth-order valence-electron chi connectivity index (χ4n) is 2.95. The van der Waals surface area contributed by atoms with Crippen molar-refractivity contribution in [3.63, 3.8) is 0 Å². The predicted octanol–water partition coefficient (Wildman–Crippen LogP) is 1.82. The molecule has 25 heavy (non-hydrogen) atoms. The lowest BCUT2D eigenvalue weighted by Gasteiger charge is -2.22. The highest BCUT2D eigenvalue weighted by atomic mass is 16.1. The fourth-order valence-corrected chi connectivity index (χ4v) is 2.95. The van der Waals surface area contributed by atoms with Crippen LogP contribution in [0.15, 0.2) is 36.7 Å². The Hall–Kier alpha value is -2.41. The van der Waals surface area contributed by atoms with Gasteiger partial charge in [-0.05, 0) is 50.4 Å². The molecule has 2 aromatic heterocycles. The zero-order valence-electron chi connectivity index (χ0n) is 14.4. The Balaban J connectivity index is 1.33. The molecular formula is C18H26N6O. The van der Waals surface area contributed by atoms with E-state index in [4.69, 9.17) is 0 Å². The number of carbonyl (C=O) groups is 1. The lowest BCUT2D eigenvalue weighted by molar-refractivity contribution is 0.0946. The maximum atomic E-state index is 12.2. The molecule has 1 aliphatic rings. The number of amides is 1. The van der Waals surface area contributed by atoms with E-state index in [0.29, 0.717) is 18.3 Å². The number of unbranched alkanes of at least 4 members (excludes halogenated alkanes) is 1. The number of pyridine rings is 1. The molecule has 0 saturated carbocycles. The van der Waals surface area contributed by atoms with Gasteiger partial charge in [0.1, 0.15) is 11.5 Å². The summed E-state index contributed by atoms with van der Waals surface area (Å²) in [7, 11) is 0. The van der Waals surface area contributed by atoms with Gasteiger partial charge >= 0.3 is 0 Å². The van der Waals surface area contributed by atoms with Crippen molar-refractivity contribution >= 4 is 11.7 Å². The molecule has 0 aromatic carbocycles. The Bertz CT molecular complexity index is 651. The van der Waals surface area contributed by atoms with Crippen LogP contribution in [0.4, 0.5) is 5.82 Å². The number of nitrogens with one attached hydrogen (secondary N) is 3. The van der Waals surface area contributed by atoms with Crippen LogP contribution in [0.5, 0.6) is 0 Å². The van der Waals surface area contributed by atoms with E-state index in [1.165, 1.54) is 0 Å². The number of nitrogens with zero attached hydrogens (tertiary/aromatic N) is 3. The first-order valence-corrected chi connectivity index (χ1v) is 9.02. The SMILES string of the molecule is O=C(NCCCCNc1ccccn1)c1ccn(C2CCCNC2)n1. The third-order valence-corrected chi connectivity index (χ3v) is 4.35. The van der Waals surface area contributed by atoms with Crippen molar-refractivity contribution in [2.24, 2.45) is 0 Å². The minimum Gasteiger partial charge on any atom is -0.370 e. The molecule has 0 bridgehead atoms. The van der Waals surface area contributed by atoms with Gasteiger partial charge in [0.25, 0.3) is 5.91 Å². The van der Waals surface area contributed by atoms with Crippen LogP contribution in [-0.4, -0.2) is 46.9 Å². The van der Waals surface area contributed by atoms with E-state index in [1.54, 1.807) is 12.3 Å². The van der Waals surface area contributed by atoms with Gasteiger partial charge in [0.05, 0.1) is 6.04 Å². The van der Waals surface area contributed by atoms with Gasteiger partial charge in [0.2, 0.25) is 0 Å². The lowest BCUT2D eigenvalue weighted by Crippen LogP contribution is -2.32. The van der Waals surface area contributed by atoms with E-state index < -0.39 is 0 Å². The number of hydrogen-bond donors (Lipinski definition) is 3. The maximum absolute atomic E-state index is 12.2. The molecule has 1 unspecified atom stereocenters. The molecule has 0 spiro atoms. The summed E-state index contributed by atoms with van der Waals surface area (Å²) in [5.74, 6) is 0.787. The first-order chi connectivity index (χ1) is 12.3. The third-order valence-electron chi connectivity index (χ3n) is 4.35. The number of rotatable bonds is 8. The highest BCUT2D eigenvalue weighted by Gasteiger charge is 2.17. The second-order valence-electron chi connectivity index (χ2n) is 6.29. The number of aromatic nitrogens is 3. The van der Waals surface area contributed by atoms with Crippen LogP contribution in [0, 0.1) is 0 Å². The van der Waals surface area contributed by atoms with Crippen molar-refractivity contribution in [1.29, 1.82) is 0 Å². The first kappa shape index (κ1) is 17.4. The highest BCUT2D eigenvalue weighted by Crippen LogP contribution is 2.15. The molecule has 7 heteroatoms. The summed E-state index contributed by atoms with van der Waals surface area (Å²) in [5.41, 5.74) is 0.497. The van der Waals surface area contributed by atoms with Crippen molar-refractivity contribution in [3.05, 3.63) is 42.4 Å². The molecule has 7 nitrogen and oxygen atoms in total. The second kappa shape index (κ2) is 9.17. The summed E-state index contributed by atoms with van der Waals surface area (Å²) >= 11 is 0. The van der Waals surface area contributed by atoms with Gasteiger partial charge in [0, 0.05) is 32.0 Å². The quantitative estimate of drug-likeness (QED) is 0.638. The Morgan fingerprint density at radius 3 is 3.00 bits per heavy atom. The fraction of sp³-hybridized carbons (Fsp3) is 0.500. The normalized spacial score (nSPS) is 17.2. The summed E-state index contributed by atoms with van der Waals surface area (Å²) in [4.78, 5) is 16.4. The Kier molecular flexibility index (Phi) is 6.39. The van der Waals surface area contributed by atoms with Crippen LogP contribution in [0.2, 0.25) is 0 Å². The van der Waals surface area contributed by atoms with Crippen molar-refractivity contribution in [2.45, 2.75) is 31.7 Å². The molecular weight excluding hydrogens is 316 g/mol. The summed E-state index contributed by atoms with van der Waals surface area (Å²) < 4.78 is 1.91. The minimum absolute atomic E-state index is 0.0970. The first-order valence-electron chi connectivity index (χ1n) is 9.02. The zero-order chi connectivity index (χ0) is 17.3. The summed E-state index contributed by atoms with van der Waals surface area (Å²) in [6.07, 6.45) is 7.82. The largest absolute Gasteiger partial charge is 0.370 e. The standard InChI is InChI=1S/C18H26N6O/c25-18(16-8-13-24(23-16)15-6-5-9-19-14-15)22-12-4-3-11-21-17-7-1-2-10-20-17/h1-2,7-8,10,13,15,19H,3-6,9,11-12,14H2,(H,20,21)(H,22,25). The van der Waals surface area contributed by atoms with Crippen molar-refractivity contribution in [2.75, 3.05) is 31.5 Å². The van der Waals surface area contributed by atoms with Crippen molar-refractivity contribution in [3.8, 4) is 0 Å². The predicted molar refractivity (Wildman–Crippen MR) is 97.7 cm³/mol. The van der Waals surface area contributed by atoms with E-state index in [-0.39, 0.29) is 5.91 Å². The third kappa shape index (κ3) is 5.29. The molecule has 134 valence electrons. The summed E-state index contributed by atoms with van der Waals surface area (Å²) in [5, 5.41) is 14.0. The van der Waals surface area contributed by atoms with E-state index >= 15 is 0 Å². The van der Waals surface area contributed by atoms with Crippen LogP contribution in [-0.2, 0) is 0 Å².